The van der Waals surface area contributed by atoms with Gasteiger partial charge in [-0.2, -0.15) is 0 Å². The Kier molecular flexibility index (Phi) is 6.61. The minimum absolute atomic E-state index is 0.148. The third-order valence-corrected chi connectivity index (χ3v) is 6.42. The number of nitrogens with zero attached hydrogens (tertiary/aromatic N) is 2. The van der Waals surface area contributed by atoms with Crippen LogP contribution in [-0.4, -0.2) is 23.1 Å². The van der Waals surface area contributed by atoms with E-state index in [1.54, 1.807) is 36.6 Å². The third-order valence-electron chi connectivity index (χ3n) is 5.44. The summed E-state index contributed by atoms with van der Waals surface area (Å²) in [5, 5.41) is 2.73. The van der Waals surface area contributed by atoms with E-state index < -0.39 is 12.0 Å². The molecule has 0 saturated heterocycles. The van der Waals surface area contributed by atoms with Crippen molar-refractivity contribution in [1.29, 1.82) is 0 Å². The van der Waals surface area contributed by atoms with Crippen molar-refractivity contribution in [3.8, 4) is 0 Å². The van der Waals surface area contributed by atoms with Crippen molar-refractivity contribution in [2.45, 2.75) is 33.7 Å². The molecule has 0 aliphatic carbocycles. The molecule has 7 nitrogen and oxygen atoms in total. The summed E-state index contributed by atoms with van der Waals surface area (Å²) in [6, 6.07) is 14.4. The Hall–Kier alpha value is -3.78. The highest BCUT2D eigenvalue weighted by Crippen LogP contribution is 2.30. The predicted molar refractivity (Wildman–Crippen MR) is 132 cm³/mol. The van der Waals surface area contributed by atoms with Crippen LogP contribution in [0.4, 0.5) is 5.69 Å². The van der Waals surface area contributed by atoms with Crippen molar-refractivity contribution >= 4 is 35.0 Å². The van der Waals surface area contributed by atoms with E-state index in [0.717, 1.165) is 16.7 Å². The summed E-state index contributed by atoms with van der Waals surface area (Å²) in [7, 11) is 0. The van der Waals surface area contributed by atoms with Gasteiger partial charge in [-0.1, -0.05) is 53.3 Å². The number of allylic oxidation sites excluding steroid dienone is 1. The van der Waals surface area contributed by atoms with E-state index in [1.165, 1.54) is 18.3 Å². The lowest BCUT2D eigenvalue weighted by Crippen LogP contribution is -2.39. The van der Waals surface area contributed by atoms with Gasteiger partial charge in [0.25, 0.3) is 5.56 Å². The molecule has 2 aromatic carbocycles. The molecule has 4 rings (SSSR count). The number of aryl methyl sites for hydroxylation is 1. The van der Waals surface area contributed by atoms with Gasteiger partial charge < -0.3 is 10.1 Å². The minimum Gasteiger partial charge on any atom is -0.463 e. The summed E-state index contributed by atoms with van der Waals surface area (Å²) in [5.41, 5.74) is 4.07. The molecule has 174 valence electrons. The zero-order chi connectivity index (χ0) is 24.4. The number of nitrogens with one attached hydrogen (secondary N) is 1. The fraction of sp³-hybridized carbons (Fsp3) is 0.231. The molecule has 3 aromatic rings. The van der Waals surface area contributed by atoms with Crippen LogP contribution in [0.5, 0.6) is 0 Å². The number of carbonyl (C=O) groups is 2. The highest BCUT2D eigenvalue weighted by atomic mass is 32.1. The second-order valence-electron chi connectivity index (χ2n) is 8.02. The van der Waals surface area contributed by atoms with Crippen molar-refractivity contribution in [2.75, 3.05) is 11.9 Å². The zero-order valence-corrected chi connectivity index (χ0v) is 20.2. The molecule has 1 aliphatic rings. The number of hydrogen-bond donors (Lipinski definition) is 1. The van der Waals surface area contributed by atoms with Crippen molar-refractivity contribution in [1.82, 2.24) is 4.57 Å². The number of fused-ring (bicyclic) bond motifs is 1. The number of anilines is 1. The highest BCUT2D eigenvalue weighted by molar-refractivity contribution is 7.07. The topological polar surface area (TPSA) is 89.8 Å². The number of rotatable bonds is 5. The van der Waals surface area contributed by atoms with Gasteiger partial charge in [-0.3, -0.25) is 14.2 Å². The van der Waals surface area contributed by atoms with E-state index >= 15 is 0 Å². The van der Waals surface area contributed by atoms with Gasteiger partial charge in [0.05, 0.1) is 28.5 Å². The number of carbonyl (C=O) groups excluding carboxylic acids is 2. The van der Waals surface area contributed by atoms with Gasteiger partial charge in [0.2, 0.25) is 5.91 Å². The lowest BCUT2D eigenvalue weighted by molar-refractivity contribution is -0.139. The molecule has 8 heteroatoms. The molecule has 0 fully saturated rings. The van der Waals surface area contributed by atoms with Gasteiger partial charge in [0.1, 0.15) is 0 Å². The maximum Gasteiger partial charge on any atom is 0.338 e. The summed E-state index contributed by atoms with van der Waals surface area (Å²) < 4.78 is 7.39. The number of ether oxygens (including phenoxy) is 1. The molecule has 0 bridgehead atoms. The van der Waals surface area contributed by atoms with E-state index in [2.05, 4.69) is 10.3 Å². The second-order valence-corrected chi connectivity index (χ2v) is 9.03. The van der Waals surface area contributed by atoms with E-state index in [-0.39, 0.29) is 18.1 Å². The summed E-state index contributed by atoms with van der Waals surface area (Å²) >= 11 is 1.28. The summed E-state index contributed by atoms with van der Waals surface area (Å²) in [6.07, 6.45) is 1.79. The van der Waals surface area contributed by atoms with Gasteiger partial charge in [-0.05, 0) is 50.1 Å². The molecule has 0 saturated carbocycles. The Morgan fingerprint density at radius 3 is 2.41 bits per heavy atom. The van der Waals surface area contributed by atoms with Gasteiger partial charge in [0.15, 0.2) is 4.80 Å². The van der Waals surface area contributed by atoms with Crippen LogP contribution in [0.1, 0.15) is 43.5 Å². The molecule has 0 radical (unpaired) electrons. The van der Waals surface area contributed by atoms with Crippen molar-refractivity contribution < 1.29 is 14.3 Å². The summed E-state index contributed by atoms with van der Waals surface area (Å²) in [4.78, 5) is 42.8. The molecule has 0 spiro atoms. The van der Waals surface area contributed by atoms with Crippen molar-refractivity contribution in [2.24, 2.45) is 4.99 Å². The molecule has 2 heterocycles. The molecule has 1 N–H and O–H groups in total. The Morgan fingerprint density at radius 2 is 1.79 bits per heavy atom. The quantitative estimate of drug-likeness (QED) is 0.575. The number of amides is 1. The van der Waals surface area contributed by atoms with Gasteiger partial charge in [-0.25, -0.2) is 9.79 Å². The van der Waals surface area contributed by atoms with Crippen LogP contribution in [0.2, 0.25) is 0 Å². The van der Waals surface area contributed by atoms with Crippen LogP contribution >= 0.6 is 11.3 Å². The van der Waals surface area contributed by atoms with Gasteiger partial charge in [-0.15, -0.1) is 0 Å². The van der Waals surface area contributed by atoms with Crippen LogP contribution in [0.15, 0.2) is 69.6 Å². The fourth-order valence-electron chi connectivity index (χ4n) is 3.87. The number of esters is 1. The van der Waals surface area contributed by atoms with E-state index in [0.29, 0.717) is 26.3 Å². The lowest BCUT2D eigenvalue weighted by Gasteiger charge is -2.24. The minimum atomic E-state index is -0.625. The lowest BCUT2D eigenvalue weighted by atomic mass is 9.95. The molecular weight excluding hydrogens is 450 g/mol. The molecule has 1 amide bonds. The number of aromatic nitrogens is 1. The van der Waals surface area contributed by atoms with Gasteiger partial charge >= 0.3 is 5.97 Å². The average molecular weight is 476 g/mol. The van der Waals surface area contributed by atoms with Gasteiger partial charge in [0, 0.05) is 12.6 Å². The van der Waals surface area contributed by atoms with E-state index in [1.807, 2.05) is 43.3 Å². The standard InChI is InChI=1S/C26H25N3O4S/c1-5-33-25(32)22-16(3)27-26-29(23(22)19-10-6-15(2)7-11-19)24(31)21(34-26)14-18-8-12-20(13-9-18)28-17(4)30/h6-14,23H,5H2,1-4H3,(H,28,30)/b21-14+/t23-/m0/s1. The van der Waals surface area contributed by atoms with Crippen LogP contribution < -0.4 is 20.2 Å². The first-order chi connectivity index (χ1) is 16.3. The normalized spacial score (nSPS) is 15.5. The number of hydrogen-bond acceptors (Lipinski definition) is 6. The maximum absolute atomic E-state index is 13.6. The first kappa shape index (κ1) is 23.4. The number of benzene rings is 2. The third kappa shape index (κ3) is 4.63. The van der Waals surface area contributed by atoms with E-state index in [4.69, 9.17) is 4.74 Å². The van der Waals surface area contributed by atoms with Crippen LogP contribution in [0.3, 0.4) is 0 Å². The Morgan fingerprint density at radius 1 is 1.12 bits per heavy atom. The fourth-order valence-corrected chi connectivity index (χ4v) is 4.92. The highest BCUT2D eigenvalue weighted by Gasteiger charge is 2.33. The Balaban J connectivity index is 1.86. The maximum atomic E-state index is 13.6. The summed E-state index contributed by atoms with van der Waals surface area (Å²) in [6.45, 7) is 7.19. The van der Waals surface area contributed by atoms with Crippen LogP contribution in [-0.2, 0) is 14.3 Å². The van der Waals surface area contributed by atoms with Crippen LogP contribution in [0, 0.1) is 6.92 Å². The van der Waals surface area contributed by atoms with Crippen molar-refractivity contribution in [3.63, 3.8) is 0 Å². The average Bonchev–Trinajstić information content (AvgIpc) is 3.09. The monoisotopic (exact) mass is 475 g/mol. The largest absolute Gasteiger partial charge is 0.463 e. The van der Waals surface area contributed by atoms with Crippen LogP contribution in [0.25, 0.3) is 6.08 Å². The first-order valence-corrected chi connectivity index (χ1v) is 11.7. The SMILES string of the molecule is CCOC(=O)C1=C(C)N=c2s/c(=C/c3ccc(NC(C)=O)cc3)c(=O)n2[C@H]1c1ccc(C)cc1. The number of thiazole rings is 1. The zero-order valence-electron chi connectivity index (χ0n) is 19.4. The molecule has 1 aliphatic heterocycles. The molecule has 34 heavy (non-hydrogen) atoms. The smallest absolute Gasteiger partial charge is 0.338 e. The predicted octanol–water partition coefficient (Wildman–Crippen LogP) is 3.07. The van der Waals surface area contributed by atoms with Crippen molar-refractivity contribution in [3.05, 3.63) is 96.2 Å². The molecule has 1 aromatic heterocycles. The second kappa shape index (κ2) is 9.61. The van der Waals surface area contributed by atoms with E-state index in [9.17, 15) is 14.4 Å². The Labute approximate surface area is 200 Å². The molecule has 1 atom stereocenters. The molecule has 0 unspecified atom stereocenters. The molecular formula is C26H25N3O4S. The first-order valence-electron chi connectivity index (χ1n) is 10.9. The summed E-state index contributed by atoms with van der Waals surface area (Å²) in [5.74, 6) is -0.623. The Bertz CT molecular complexity index is 1460.